The predicted molar refractivity (Wildman–Crippen MR) is 105 cm³/mol. The second-order valence-electron chi connectivity index (χ2n) is 6.37. The monoisotopic (exact) mass is 375 g/mol. The van der Waals surface area contributed by atoms with Crippen LogP contribution in [0.3, 0.4) is 0 Å². The zero-order chi connectivity index (χ0) is 18.7. The Bertz CT molecular complexity index is 791. The third-order valence-corrected chi connectivity index (χ3v) is 4.87. The van der Waals surface area contributed by atoms with E-state index >= 15 is 0 Å². The Labute approximate surface area is 160 Å². The lowest BCUT2D eigenvalue weighted by Gasteiger charge is -2.30. The quantitative estimate of drug-likeness (QED) is 0.795. The lowest BCUT2D eigenvalue weighted by molar-refractivity contribution is 0.286. The van der Waals surface area contributed by atoms with E-state index in [1.165, 1.54) is 11.1 Å². The zero-order valence-corrected chi connectivity index (χ0v) is 16.6. The van der Waals surface area contributed by atoms with Crippen molar-refractivity contribution >= 4 is 11.6 Å². The molecule has 5 heteroatoms. The van der Waals surface area contributed by atoms with Crippen LogP contribution in [0, 0.1) is 6.92 Å². The number of halogens is 1. The van der Waals surface area contributed by atoms with Crippen LogP contribution in [0.25, 0.3) is 0 Å². The van der Waals surface area contributed by atoms with Gasteiger partial charge in [-0.25, -0.2) is 0 Å². The van der Waals surface area contributed by atoms with Crippen LogP contribution < -0.4 is 19.5 Å². The fourth-order valence-electron chi connectivity index (χ4n) is 3.56. The summed E-state index contributed by atoms with van der Waals surface area (Å²) in [6, 6.07) is 8.27. The lowest BCUT2D eigenvalue weighted by atomic mass is 9.88. The van der Waals surface area contributed by atoms with Crippen molar-refractivity contribution in [3.05, 3.63) is 51.5 Å². The molecule has 1 aliphatic rings. The van der Waals surface area contributed by atoms with E-state index in [2.05, 4.69) is 23.5 Å². The molecule has 1 atom stereocenters. The van der Waals surface area contributed by atoms with Crippen molar-refractivity contribution < 1.29 is 14.2 Å². The van der Waals surface area contributed by atoms with E-state index in [1.807, 2.05) is 26.8 Å². The van der Waals surface area contributed by atoms with Gasteiger partial charge in [-0.15, -0.1) is 0 Å². The molecule has 0 radical (unpaired) electrons. The van der Waals surface area contributed by atoms with Crippen molar-refractivity contribution in [2.24, 2.45) is 0 Å². The van der Waals surface area contributed by atoms with E-state index in [0.29, 0.717) is 18.2 Å². The highest BCUT2D eigenvalue weighted by atomic mass is 35.5. The Balaban J connectivity index is 2.13. The lowest BCUT2D eigenvalue weighted by Crippen LogP contribution is -2.31. The highest BCUT2D eigenvalue weighted by Crippen LogP contribution is 2.42. The molecule has 4 nitrogen and oxygen atoms in total. The maximum Gasteiger partial charge on any atom is 0.161 e. The summed E-state index contributed by atoms with van der Waals surface area (Å²) in [5.74, 6) is 2.30. The third kappa shape index (κ3) is 3.62. The number of hydrogen-bond acceptors (Lipinski definition) is 4. The van der Waals surface area contributed by atoms with Gasteiger partial charge in [-0.3, -0.25) is 0 Å². The van der Waals surface area contributed by atoms with Crippen LogP contribution >= 0.6 is 11.6 Å². The van der Waals surface area contributed by atoms with Crippen LogP contribution in [-0.2, 0) is 6.42 Å². The first kappa shape index (κ1) is 18.9. The molecule has 0 aliphatic carbocycles. The number of rotatable bonds is 6. The molecule has 0 spiro atoms. The van der Waals surface area contributed by atoms with E-state index in [0.717, 1.165) is 41.3 Å². The molecule has 1 aliphatic heterocycles. The van der Waals surface area contributed by atoms with E-state index in [1.54, 1.807) is 7.11 Å². The maximum atomic E-state index is 6.43. The SMILES string of the molecule is CCOc1cc2c(cc1OCC)C(c1cc(C)cc(Cl)c1OC)NCC2. The van der Waals surface area contributed by atoms with Crippen molar-refractivity contribution in [1.82, 2.24) is 5.32 Å². The van der Waals surface area contributed by atoms with Gasteiger partial charge in [0.05, 0.1) is 31.4 Å². The van der Waals surface area contributed by atoms with Gasteiger partial charge in [-0.05, 0) is 62.1 Å². The van der Waals surface area contributed by atoms with Crippen molar-refractivity contribution in [2.45, 2.75) is 33.2 Å². The molecule has 0 aromatic heterocycles. The molecule has 0 fully saturated rings. The Morgan fingerprint density at radius 3 is 2.38 bits per heavy atom. The number of fused-ring (bicyclic) bond motifs is 1. The van der Waals surface area contributed by atoms with Gasteiger partial charge in [0.25, 0.3) is 0 Å². The maximum absolute atomic E-state index is 6.43. The molecule has 0 amide bonds. The van der Waals surface area contributed by atoms with Gasteiger partial charge in [0, 0.05) is 12.1 Å². The molecule has 26 heavy (non-hydrogen) atoms. The molecule has 140 valence electrons. The highest BCUT2D eigenvalue weighted by Gasteiger charge is 2.27. The first-order chi connectivity index (χ1) is 12.6. The molecule has 1 N–H and O–H groups in total. The number of nitrogens with one attached hydrogen (secondary N) is 1. The largest absolute Gasteiger partial charge is 0.495 e. The van der Waals surface area contributed by atoms with Gasteiger partial charge in [0.15, 0.2) is 11.5 Å². The van der Waals surface area contributed by atoms with Gasteiger partial charge in [0.2, 0.25) is 0 Å². The standard InChI is InChI=1S/C21H26ClNO3/c1-5-25-18-11-14-7-8-23-20(15(14)12-19(18)26-6-2)16-9-13(3)10-17(22)21(16)24-4/h9-12,20,23H,5-8H2,1-4H3. The number of benzene rings is 2. The van der Waals surface area contributed by atoms with Crippen molar-refractivity contribution in [3.8, 4) is 17.2 Å². The minimum Gasteiger partial charge on any atom is -0.495 e. The molecule has 2 aromatic carbocycles. The summed E-state index contributed by atoms with van der Waals surface area (Å²) >= 11 is 6.43. The average molecular weight is 376 g/mol. The normalized spacial score (nSPS) is 16.1. The number of ether oxygens (including phenoxy) is 3. The molecular weight excluding hydrogens is 350 g/mol. The Hall–Kier alpha value is -1.91. The average Bonchev–Trinajstić information content (AvgIpc) is 2.61. The minimum atomic E-state index is 0.000910. The zero-order valence-electron chi connectivity index (χ0n) is 15.8. The molecule has 0 saturated heterocycles. The molecule has 2 aromatic rings. The van der Waals surface area contributed by atoms with E-state index in [-0.39, 0.29) is 6.04 Å². The summed E-state index contributed by atoms with van der Waals surface area (Å²) in [6.07, 6.45) is 0.945. The van der Waals surface area contributed by atoms with E-state index in [9.17, 15) is 0 Å². The summed E-state index contributed by atoms with van der Waals surface area (Å²) in [7, 11) is 1.66. The topological polar surface area (TPSA) is 39.7 Å². The van der Waals surface area contributed by atoms with Crippen LogP contribution in [-0.4, -0.2) is 26.9 Å². The van der Waals surface area contributed by atoms with Gasteiger partial charge < -0.3 is 19.5 Å². The van der Waals surface area contributed by atoms with Gasteiger partial charge in [-0.2, -0.15) is 0 Å². The first-order valence-electron chi connectivity index (χ1n) is 9.08. The molecule has 1 unspecified atom stereocenters. The predicted octanol–water partition coefficient (Wildman–Crippen LogP) is 4.69. The van der Waals surface area contributed by atoms with Crippen molar-refractivity contribution in [1.29, 1.82) is 0 Å². The fourth-order valence-corrected chi connectivity index (χ4v) is 3.92. The second-order valence-corrected chi connectivity index (χ2v) is 6.78. The smallest absolute Gasteiger partial charge is 0.161 e. The van der Waals surface area contributed by atoms with Crippen molar-refractivity contribution in [2.75, 3.05) is 26.9 Å². The van der Waals surface area contributed by atoms with E-state index < -0.39 is 0 Å². The summed E-state index contributed by atoms with van der Waals surface area (Å²) in [5, 5.41) is 4.24. The highest BCUT2D eigenvalue weighted by molar-refractivity contribution is 6.32. The fraction of sp³-hybridized carbons (Fsp3) is 0.429. The summed E-state index contributed by atoms with van der Waals surface area (Å²) in [5.41, 5.74) is 4.60. The number of aryl methyl sites for hydroxylation is 1. The van der Waals surface area contributed by atoms with Crippen LogP contribution in [0.2, 0.25) is 5.02 Å². The first-order valence-corrected chi connectivity index (χ1v) is 9.46. The van der Waals surface area contributed by atoms with E-state index in [4.69, 9.17) is 25.8 Å². The molecule has 0 saturated carbocycles. The van der Waals surface area contributed by atoms with Gasteiger partial charge >= 0.3 is 0 Å². The Kier molecular flexibility index (Phi) is 5.94. The van der Waals surface area contributed by atoms with Crippen LogP contribution in [0.1, 0.15) is 42.1 Å². The Morgan fingerprint density at radius 2 is 1.73 bits per heavy atom. The van der Waals surface area contributed by atoms with Crippen LogP contribution in [0.5, 0.6) is 17.2 Å². The van der Waals surface area contributed by atoms with Gasteiger partial charge in [0.1, 0.15) is 5.75 Å². The van der Waals surface area contributed by atoms with Gasteiger partial charge in [-0.1, -0.05) is 17.7 Å². The summed E-state index contributed by atoms with van der Waals surface area (Å²) in [6.45, 7) is 8.10. The third-order valence-electron chi connectivity index (χ3n) is 4.59. The number of hydrogen-bond donors (Lipinski definition) is 1. The summed E-state index contributed by atoms with van der Waals surface area (Å²) < 4.78 is 17.2. The molecular formula is C21H26ClNO3. The van der Waals surface area contributed by atoms with Crippen LogP contribution in [0.4, 0.5) is 0 Å². The van der Waals surface area contributed by atoms with Crippen LogP contribution in [0.15, 0.2) is 24.3 Å². The molecule has 3 rings (SSSR count). The second kappa shape index (κ2) is 8.19. The number of methoxy groups -OCH3 is 1. The molecule has 1 heterocycles. The summed E-state index contributed by atoms with van der Waals surface area (Å²) in [4.78, 5) is 0. The van der Waals surface area contributed by atoms with Crippen molar-refractivity contribution in [3.63, 3.8) is 0 Å². The minimum absolute atomic E-state index is 0.000910. The Morgan fingerprint density at radius 1 is 1.04 bits per heavy atom. The molecule has 0 bridgehead atoms.